The molecule has 1 rings (SSSR count). The van der Waals surface area contributed by atoms with Crippen LogP contribution in [0.2, 0.25) is 0 Å². The molecule has 0 spiro atoms. The summed E-state index contributed by atoms with van der Waals surface area (Å²) in [5, 5.41) is 12.8. The molecule has 0 fully saturated rings. The molecule has 0 aliphatic heterocycles. The zero-order valence-electron chi connectivity index (χ0n) is 7.90. The van der Waals surface area contributed by atoms with Crippen LogP contribution >= 0.6 is 0 Å². The largest absolute Gasteiger partial charge is 0.480 e. The van der Waals surface area contributed by atoms with Crippen molar-refractivity contribution in [1.29, 1.82) is 0 Å². The summed E-state index contributed by atoms with van der Waals surface area (Å²) in [5.74, 6) is -1.03. The maximum Gasteiger partial charge on any atom is 0.325 e. The standard InChI is InChI=1S/C8H13N3O2/c1-4-6(7(9)8(12)13)5(2)11(3)10-4/h7H,9H2,1-3H3,(H,12,13). The van der Waals surface area contributed by atoms with Gasteiger partial charge in [-0.2, -0.15) is 5.10 Å². The van der Waals surface area contributed by atoms with Crippen molar-refractivity contribution in [3.8, 4) is 0 Å². The summed E-state index contributed by atoms with van der Waals surface area (Å²) in [7, 11) is 1.76. The Labute approximate surface area is 76.2 Å². The van der Waals surface area contributed by atoms with E-state index in [9.17, 15) is 4.79 Å². The van der Waals surface area contributed by atoms with Gasteiger partial charge in [-0.3, -0.25) is 9.48 Å². The number of hydrogen-bond acceptors (Lipinski definition) is 3. The van der Waals surface area contributed by atoms with E-state index in [1.54, 1.807) is 25.6 Å². The third kappa shape index (κ3) is 1.55. The maximum atomic E-state index is 10.7. The van der Waals surface area contributed by atoms with Crippen molar-refractivity contribution >= 4 is 5.97 Å². The smallest absolute Gasteiger partial charge is 0.325 e. The quantitative estimate of drug-likeness (QED) is 0.682. The molecular weight excluding hydrogens is 170 g/mol. The van der Waals surface area contributed by atoms with Gasteiger partial charge in [0.15, 0.2) is 0 Å². The number of hydrogen-bond donors (Lipinski definition) is 2. The molecule has 3 N–H and O–H groups in total. The van der Waals surface area contributed by atoms with Gasteiger partial charge in [0.2, 0.25) is 0 Å². The Bertz CT molecular complexity index is 343. The summed E-state index contributed by atoms with van der Waals surface area (Å²) in [6.07, 6.45) is 0. The lowest BCUT2D eigenvalue weighted by Gasteiger charge is -2.06. The highest BCUT2D eigenvalue weighted by molar-refractivity contribution is 5.76. The van der Waals surface area contributed by atoms with E-state index in [4.69, 9.17) is 10.8 Å². The van der Waals surface area contributed by atoms with Crippen molar-refractivity contribution in [3.05, 3.63) is 17.0 Å². The molecule has 5 nitrogen and oxygen atoms in total. The van der Waals surface area contributed by atoms with Gasteiger partial charge in [0.05, 0.1) is 5.69 Å². The molecule has 0 bridgehead atoms. The van der Waals surface area contributed by atoms with Crippen molar-refractivity contribution in [1.82, 2.24) is 9.78 Å². The highest BCUT2D eigenvalue weighted by atomic mass is 16.4. The van der Waals surface area contributed by atoms with Crippen LogP contribution in [0.5, 0.6) is 0 Å². The number of rotatable bonds is 2. The molecule has 0 amide bonds. The highest BCUT2D eigenvalue weighted by Crippen LogP contribution is 2.18. The first kappa shape index (κ1) is 9.73. The third-order valence-electron chi connectivity index (χ3n) is 2.14. The Morgan fingerprint density at radius 3 is 2.46 bits per heavy atom. The number of carboxylic acid groups (broad SMARTS) is 1. The second-order valence-electron chi connectivity index (χ2n) is 3.02. The van der Waals surface area contributed by atoms with Crippen LogP contribution < -0.4 is 5.73 Å². The van der Waals surface area contributed by atoms with Crippen molar-refractivity contribution in [3.63, 3.8) is 0 Å². The Balaban J connectivity index is 3.20. The van der Waals surface area contributed by atoms with Crippen LogP contribution in [-0.4, -0.2) is 20.9 Å². The topological polar surface area (TPSA) is 81.1 Å². The monoisotopic (exact) mass is 183 g/mol. The minimum atomic E-state index is -1.03. The minimum absolute atomic E-state index is 0.606. The van der Waals surface area contributed by atoms with Crippen LogP contribution in [0.25, 0.3) is 0 Å². The van der Waals surface area contributed by atoms with E-state index in [-0.39, 0.29) is 0 Å². The molecule has 1 unspecified atom stereocenters. The fourth-order valence-corrected chi connectivity index (χ4v) is 1.36. The van der Waals surface area contributed by atoms with Crippen molar-refractivity contribution in [2.24, 2.45) is 12.8 Å². The molecule has 0 saturated carbocycles. The van der Waals surface area contributed by atoms with Gasteiger partial charge >= 0.3 is 5.97 Å². The van der Waals surface area contributed by atoms with E-state index in [1.165, 1.54) is 0 Å². The van der Waals surface area contributed by atoms with Gasteiger partial charge in [-0.1, -0.05) is 0 Å². The van der Waals surface area contributed by atoms with E-state index in [2.05, 4.69) is 5.10 Å². The predicted molar refractivity (Wildman–Crippen MR) is 47.2 cm³/mol. The van der Waals surface area contributed by atoms with Gasteiger partial charge < -0.3 is 10.8 Å². The number of nitrogens with zero attached hydrogens (tertiary/aromatic N) is 2. The van der Waals surface area contributed by atoms with Gasteiger partial charge in [0.1, 0.15) is 6.04 Å². The normalized spacial score (nSPS) is 12.9. The number of aromatic nitrogens is 2. The summed E-state index contributed by atoms with van der Waals surface area (Å²) < 4.78 is 1.63. The fraction of sp³-hybridized carbons (Fsp3) is 0.500. The SMILES string of the molecule is Cc1nn(C)c(C)c1C(N)C(=O)O. The molecule has 13 heavy (non-hydrogen) atoms. The van der Waals surface area contributed by atoms with Crippen LogP contribution in [0.4, 0.5) is 0 Å². The second kappa shape index (κ2) is 3.18. The molecule has 72 valence electrons. The van der Waals surface area contributed by atoms with Crippen LogP contribution in [0.1, 0.15) is 23.0 Å². The number of nitrogens with two attached hydrogens (primary N) is 1. The molecule has 0 saturated heterocycles. The average Bonchev–Trinajstić information content (AvgIpc) is 2.26. The summed E-state index contributed by atoms with van der Waals surface area (Å²) in [4.78, 5) is 10.7. The molecule has 5 heteroatoms. The van der Waals surface area contributed by atoms with E-state index in [1.807, 2.05) is 0 Å². The van der Waals surface area contributed by atoms with E-state index >= 15 is 0 Å². The van der Waals surface area contributed by atoms with Gasteiger partial charge in [-0.05, 0) is 13.8 Å². The lowest BCUT2D eigenvalue weighted by Crippen LogP contribution is -2.22. The molecule has 0 aliphatic carbocycles. The van der Waals surface area contributed by atoms with E-state index in [0.717, 1.165) is 5.69 Å². The van der Waals surface area contributed by atoms with Crippen LogP contribution in [0, 0.1) is 13.8 Å². The predicted octanol–water partition coefficient (Wildman–Crippen LogP) is 0.121. The van der Waals surface area contributed by atoms with Crippen LogP contribution in [-0.2, 0) is 11.8 Å². The van der Waals surface area contributed by atoms with Gasteiger partial charge in [0.25, 0.3) is 0 Å². The first-order valence-corrected chi connectivity index (χ1v) is 3.93. The Hall–Kier alpha value is -1.36. The second-order valence-corrected chi connectivity index (χ2v) is 3.02. The van der Waals surface area contributed by atoms with E-state index < -0.39 is 12.0 Å². The molecule has 1 heterocycles. The van der Waals surface area contributed by atoms with Crippen molar-refractivity contribution in [2.75, 3.05) is 0 Å². The Kier molecular flexibility index (Phi) is 2.38. The first-order chi connectivity index (χ1) is 5.95. The Morgan fingerprint density at radius 2 is 2.15 bits per heavy atom. The van der Waals surface area contributed by atoms with Crippen LogP contribution in [0.3, 0.4) is 0 Å². The molecule has 1 aromatic rings. The molecular formula is C8H13N3O2. The molecule has 0 aromatic carbocycles. The molecule has 0 aliphatic rings. The lowest BCUT2D eigenvalue weighted by molar-refractivity contribution is -0.138. The molecule has 0 radical (unpaired) electrons. The number of aryl methyl sites for hydroxylation is 2. The minimum Gasteiger partial charge on any atom is -0.480 e. The number of carboxylic acids is 1. The highest BCUT2D eigenvalue weighted by Gasteiger charge is 2.21. The van der Waals surface area contributed by atoms with Crippen molar-refractivity contribution < 1.29 is 9.90 Å². The Morgan fingerprint density at radius 1 is 1.62 bits per heavy atom. The number of carbonyl (C=O) groups is 1. The van der Waals surface area contributed by atoms with Crippen molar-refractivity contribution in [2.45, 2.75) is 19.9 Å². The molecule has 1 aromatic heterocycles. The first-order valence-electron chi connectivity index (χ1n) is 3.93. The van der Waals surface area contributed by atoms with Crippen LogP contribution in [0.15, 0.2) is 0 Å². The molecule has 1 atom stereocenters. The summed E-state index contributed by atoms with van der Waals surface area (Å²) >= 11 is 0. The lowest BCUT2D eigenvalue weighted by atomic mass is 10.1. The summed E-state index contributed by atoms with van der Waals surface area (Å²) in [5.41, 5.74) is 7.58. The summed E-state index contributed by atoms with van der Waals surface area (Å²) in [6, 6.07) is -0.978. The average molecular weight is 183 g/mol. The van der Waals surface area contributed by atoms with Gasteiger partial charge in [-0.25, -0.2) is 0 Å². The zero-order valence-corrected chi connectivity index (χ0v) is 7.90. The van der Waals surface area contributed by atoms with Gasteiger partial charge in [-0.15, -0.1) is 0 Å². The van der Waals surface area contributed by atoms with Gasteiger partial charge in [0, 0.05) is 18.3 Å². The number of aliphatic carboxylic acids is 1. The van der Waals surface area contributed by atoms with E-state index in [0.29, 0.717) is 11.3 Å². The zero-order chi connectivity index (χ0) is 10.2. The maximum absolute atomic E-state index is 10.7. The third-order valence-corrected chi connectivity index (χ3v) is 2.14. The summed E-state index contributed by atoms with van der Waals surface area (Å²) in [6.45, 7) is 3.56. The fourth-order valence-electron chi connectivity index (χ4n) is 1.36.